The Morgan fingerprint density at radius 2 is 1.84 bits per heavy atom. The summed E-state index contributed by atoms with van der Waals surface area (Å²) in [5.41, 5.74) is 1.37. The summed E-state index contributed by atoms with van der Waals surface area (Å²) >= 11 is 0. The smallest absolute Gasteiger partial charge is 0.191 e. The predicted octanol–water partition coefficient (Wildman–Crippen LogP) is 3.25. The van der Waals surface area contributed by atoms with Gasteiger partial charge in [0, 0.05) is 18.5 Å². The van der Waals surface area contributed by atoms with Gasteiger partial charge in [-0.2, -0.15) is 0 Å². The van der Waals surface area contributed by atoms with Gasteiger partial charge in [-0.15, -0.1) is 0 Å². The first-order valence-corrected chi connectivity index (χ1v) is 9.77. The fraction of sp³-hybridized carbons (Fsp3) is 0.667. The summed E-state index contributed by atoms with van der Waals surface area (Å²) < 4.78 is 0. The molecule has 0 unspecified atom stereocenters. The van der Waals surface area contributed by atoms with Gasteiger partial charge in [0.25, 0.3) is 0 Å². The van der Waals surface area contributed by atoms with Gasteiger partial charge in [-0.1, -0.05) is 44.2 Å². The minimum atomic E-state index is 0.0393. The molecule has 1 aliphatic heterocycles. The van der Waals surface area contributed by atoms with Gasteiger partial charge in [0.05, 0.1) is 6.54 Å². The number of guanidine groups is 1. The van der Waals surface area contributed by atoms with Gasteiger partial charge in [0.15, 0.2) is 5.96 Å². The van der Waals surface area contributed by atoms with E-state index in [1.807, 2.05) is 0 Å². The van der Waals surface area contributed by atoms with Gasteiger partial charge in [0.1, 0.15) is 0 Å². The van der Waals surface area contributed by atoms with Crippen molar-refractivity contribution >= 4 is 5.96 Å². The lowest BCUT2D eigenvalue weighted by Crippen LogP contribution is -2.40. The van der Waals surface area contributed by atoms with Crippen LogP contribution in [0.4, 0.5) is 0 Å². The topological polar surface area (TPSA) is 39.7 Å². The van der Waals surface area contributed by atoms with Crippen molar-refractivity contribution in [3.05, 3.63) is 35.9 Å². The third-order valence-electron chi connectivity index (χ3n) is 5.22. The van der Waals surface area contributed by atoms with Crippen LogP contribution in [0.3, 0.4) is 0 Å². The first kappa shape index (κ1) is 19.8. The summed E-state index contributed by atoms with van der Waals surface area (Å²) in [6, 6.07) is 10.7. The van der Waals surface area contributed by atoms with Crippen LogP contribution < -0.4 is 10.6 Å². The second-order valence-electron chi connectivity index (χ2n) is 7.91. The molecule has 1 heterocycles. The van der Waals surface area contributed by atoms with Crippen LogP contribution in [0, 0.1) is 5.92 Å². The van der Waals surface area contributed by atoms with E-state index in [1.54, 1.807) is 0 Å². The summed E-state index contributed by atoms with van der Waals surface area (Å²) in [5, 5.41) is 6.91. The Morgan fingerprint density at radius 3 is 2.48 bits per heavy atom. The number of aliphatic imine (C=N–C) groups is 1. The van der Waals surface area contributed by atoms with E-state index >= 15 is 0 Å². The van der Waals surface area contributed by atoms with Crippen molar-refractivity contribution in [1.29, 1.82) is 0 Å². The molecule has 0 bridgehead atoms. The maximum atomic E-state index is 4.84. The van der Waals surface area contributed by atoms with Crippen molar-refractivity contribution in [2.75, 3.05) is 39.8 Å². The molecule has 0 amide bonds. The highest BCUT2D eigenvalue weighted by atomic mass is 15.2. The van der Waals surface area contributed by atoms with E-state index in [1.165, 1.54) is 37.9 Å². The summed E-state index contributed by atoms with van der Waals surface area (Å²) in [6.45, 7) is 11.8. The van der Waals surface area contributed by atoms with Gasteiger partial charge < -0.3 is 15.5 Å². The van der Waals surface area contributed by atoms with Gasteiger partial charge >= 0.3 is 0 Å². The predicted molar refractivity (Wildman–Crippen MR) is 108 cm³/mol. The molecule has 4 heteroatoms. The molecule has 2 N–H and O–H groups in total. The van der Waals surface area contributed by atoms with E-state index in [0.717, 1.165) is 31.5 Å². The summed E-state index contributed by atoms with van der Waals surface area (Å²) in [5.74, 6) is 1.80. The zero-order valence-corrected chi connectivity index (χ0v) is 16.5. The van der Waals surface area contributed by atoms with Crippen LogP contribution in [-0.4, -0.2) is 50.6 Å². The number of piperidine rings is 1. The standard InChI is InChI=1S/C21H36N4/c1-5-22-20(23-14-11-18-12-15-25(4)16-13-18)24-17-21(2,3)19-9-7-6-8-10-19/h6-10,18H,5,11-17H2,1-4H3,(H2,22,23,24). The van der Waals surface area contributed by atoms with E-state index in [9.17, 15) is 0 Å². The molecule has 0 aromatic heterocycles. The lowest BCUT2D eigenvalue weighted by molar-refractivity contribution is 0.213. The Labute approximate surface area is 154 Å². The van der Waals surface area contributed by atoms with E-state index in [2.05, 4.69) is 73.7 Å². The third-order valence-corrected chi connectivity index (χ3v) is 5.22. The van der Waals surface area contributed by atoms with Crippen LogP contribution in [0.15, 0.2) is 35.3 Å². The zero-order chi connectivity index (χ0) is 18.1. The van der Waals surface area contributed by atoms with Crippen molar-refractivity contribution in [2.24, 2.45) is 10.9 Å². The normalized spacial score (nSPS) is 17.5. The fourth-order valence-electron chi connectivity index (χ4n) is 3.34. The molecule has 1 aromatic rings. The van der Waals surface area contributed by atoms with Crippen molar-refractivity contribution in [3.63, 3.8) is 0 Å². The van der Waals surface area contributed by atoms with E-state index in [-0.39, 0.29) is 5.41 Å². The minimum Gasteiger partial charge on any atom is -0.357 e. The minimum absolute atomic E-state index is 0.0393. The van der Waals surface area contributed by atoms with Crippen LogP contribution in [0.1, 0.15) is 45.6 Å². The molecule has 0 atom stereocenters. The number of hydrogen-bond donors (Lipinski definition) is 2. The highest BCUT2D eigenvalue weighted by Gasteiger charge is 2.20. The number of nitrogens with one attached hydrogen (secondary N) is 2. The molecular formula is C21H36N4. The number of hydrogen-bond acceptors (Lipinski definition) is 2. The van der Waals surface area contributed by atoms with Crippen LogP contribution in [0.25, 0.3) is 0 Å². The van der Waals surface area contributed by atoms with Gasteiger partial charge in [-0.05, 0) is 57.8 Å². The van der Waals surface area contributed by atoms with Gasteiger partial charge in [-0.25, -0.2) is 0 Å². The maximum Gasteiger partial charge on any atom is 0.191 e. The van der Waals surface area contributed by atoms with E-state index in [0.29, 0.717) is 0 Å². The summed E-state index contributed by atoms with van der Waals surface area (Å²) in [6.07, 6.45) is 3.89. The Balaban J connectivity index is 1.83. The molecule has 25 heavy (non-hydrogen) atoms. The zero-order valence-electron chi connectivity index (χ0n) is 16.5. The van der Waals surface area contributed by atoms with Crippen molar-refractivity contribution < 1.29 is 0 Å². The second kappa shape index (κ2) is 9.81. The Bertz CT molecular complexity index is 516. The molecular weight excluding hydrogens is 308 g/mol. The molecule has 0 spiro atoms. The van der Waals surface area contributed by atoms with Crippen molar-refractivity contribution in [2.45, 2.75) is 45.4 Å². The first-order chi connectivity index (χ1) is 12.0. The molecule has 2 rings (SSSR count). The molecule has 0 radical (unpaired) electrons. The maximum absolute atomic E-state index is 4.84. The third kappa shape index (κ3) is 6.69. The monoisotopic (exact) mass is 344 g/mol. The van der Waals surface area contributed by atoms with E-state index in [4.69, 9.17) is 4.99 Å². The molecule has 1 aliphatic rings. The van der Waals surface area contributed by atoms with Crippen LogP contribution in [-0.2, 0) is 5.41 Å². The van der Waals surface area contributed by atoms with Crippen LogP contribution in [0.2, 0.25) is 0 Å². The molecule has 140 valence electrons. The Kier molecular flexibility index (Phi) is 7.76. The average molecular weight is 345 g/mol. The SMILES string of the molecule is CCNC(=NCC(C)(C)c1ccccc1)NCCC1CCN(C)CC1. The van der Waals surface area contributed by atoms with Crippen molar-refractivity contribution in [1.82, 2.24) is 15.5 Å². The number of rotatable bonds is 7. The van der Waals surface area contributed by atoms with Crippen molar-refractivity contribution in [3.8, 4) is 0 Å². The number of benzene rings is 1. The highest BCUT2D eigenvalue weighted by Crippen LogP contribution is 2.23. The lowest BCUT2D eigenvalue weighted by Gasteiger charge is -2.29. The molecule has 1 fully saturated rings. The second-order valence-corrected chi connectivity index (χ2v) is 7.91. The molecule has 1 aromatic carbocycles. The lowest BCUT2D eigenvalue weighted by atomic mass is 9.85. The largest absolute Gasteiger partial charge is 0.357 e. The number of nitrogens with zero attached hydrogens (tertiary/aromatic N) is 2. The summed E-state index contributed by atoms with van der Waals surface area (Å²) in [7, 11) is 2.22. The number of likely N-dealkylation sites (tertiary alicyclic amines) is 1. The summed E-state index contributed by atoms with van der Waals surface area (Å²) in [4.78, 5) is 7.27. The first-order valence-electron chi connectivity index (χ1n) is 9.77. The van der Waals surface area contributed by atoms with Gasteiger partial charge in [-0.3, -0.25) is 4.99 Å². The Morgan fingerprint density at radius 1 is 1.16 bits per heavy atom. The highest BCUT2D eigenvalue weighted by molar-refractivity contribution is 5.79. The Hall–Kier alpha value is -1.55. The molecule has 0 aliphatic carbocycles. The average Bonchev–Trinajstić information content (AvgIpc) is 2.62. The molecule has 0 saturated carbocycles. The van der Waals surface area contributed by atoms with E-state index < -0.39 is 0 Å². The molecule has 4 nitrogen and oxygen atoms in total. The van der Waals surface area contributed by atoms with Gasteiger partial charge in [0.2, 0.25) is 0 Å². The van der Waals surface area contributed by atoms with Crippen LogP contribution in [0.5, 0.6) is 0 Å². The van der Waals surface area contributed by atoms with Crippen LogP contribution >= 0.6 is 0 Å². The molecule has 1 saturated heterocycles. The quantitative estimate of drug-likeness (QED) is 0.589. The fourth-order valence-corrected chi connectivity index (χ4v) is 3.34.